The van der Waals surface area contributed by atoms with Crippen LogP contribution in [-0.2, 0) is 0 Å². The summed E-state index contributed by atoms with van der Waals surface area (Å²) in [6.07, 6.45) is 0. The number of carbonyl (C=O) groups is 1. The Bertz CT molecular complexity index is 491. The van der Waals surface area contributed by atoms with Gasteiger partial charge >= 0.3 is 0 Å². The topological polar surface area (TPSA) is 17.1 Å². The molecule has 0 bridgehead atoms. The molecule has 4 heteroatoms. The van der Waals surface area contributed by atoms with Crippen LogP contribution in [0, 0.1) is 5.82 Å². The number of halogens is 1. The van der Waals surface area contributed by atoms with Crippen molar-refractivity contribution in [2.24, 2.45) is 0 Å². The Balaban J connectivity index is 2.07. The summed E-state index contributed by atoms with van der Waals surface area (Å²) < 4.78 is 13.9. The van der Waals surface area contributed by atoms with E-state index in [4.69, 9.17) is 0 Å². The number of rotatable bonds is 4. The van der Waals surface area contributed by atoms with Crippen LogP contribution in [0.4, 0.5) is 4.39 Å². The summed E-state index contributed by atoms with van der Waals surface area (Å²) in [6, 6.07) is 9.64. The van der Waals surface area contributed by atoms with Crippen LogP contribution in [-0.4, -0.2) is 11.0 Å². The molecule has 0 fully saturated rings. The van der Waals surface area contributed by atoms with E-state index in [-0.39, 0.29) is 16.9 Å². The predicted octanol–water partition coefficient (Wildman–Crippen LogP) is 4.25. The average Bonchev–Trinajstić information content (AvgIpc) is 2.82. The second-order valence-electron chi connectivity index (χ2n) is 3.56. The number of hydrogen-bond acceptors (Lipinski definition) is 3. The number of thiophene rings is 1. The molecule has 1 unspecified atom stereocenters. The Kier molecular flexibility index (Phi) is 3.97. The molecule has 0 aliphatic rings. The Hall–Kier alpha value is -1.13. The summed E-state index contributed by atoms with van der Waals surface area (Å²) in [6.45, 7) is 1.87. The minimum Gasteiger partial charge on any atom is -0.293 e. The normalized spacial score (nSPS) is 12.4. The molecule has 0 aliphatic carbocycles. The summed E-state index contributed by atoms with van der Waals surface area (Å²) >= 11 is 3.15. The maximum atomic E-state index is 12.7. The summed E-state index contributed by atoms with van der Waals surface area (Å²) in [7, 11) is 0. The van der Waals surface area contributed by atoms with Crippen molar-refractivity contribution in [2.75, 3.05) is 0 Å². The van der Waals surface area contributed by atoms with Crippen LogP contribution in [0.15, 0.2) is 46.0 Å². The van der Waals surface area contributed by atoms with Crippen molar-refractivity contribution in [3.05, 3.63) is 53.2 Å². The van der Waals surface area contributed by atoms with Crippen molar-refractivity contribution in [1.29, 1.82) is 0 Å². The number of Topliss-reactive ketones (excluding diaryl/α,β-unsaturated/α-hetero) is 1. The van der Waals surface area contributed by atoms with Crippen LogP contribution in [0.5, 0.6) is 0 Å². The molecule has 0 aliphatic heterocycles. The van der Waals surface area contributed by atoms with Gasteiger partial charge in [0.2, 0.25) is 0 Å². The zero-order valence-electron chi connectivity index (χ0n) is 9.22. The van der Waals surface area contributed by atoms with Gasteiger partial charge in [0, 0.05) is 5.56 Å². The van der Waals surface area contributed by atoms with Gasteiger partial charge < -0.3 is 0 Å². The van der Waals surface area contributed by atoms with E-state index < -0.39 is 0 Å². The Morgan fingerprint density at radius 2 is 2.00 bits per heavy atom. The molecule has 2 aromatic rings. The predicted molar refractivity (Wildman–Crippen MR) is 70.4 cm³/mol. The highest BCUT2D eigenvalue weighted by molar-refractivity contribution is 8.02. The molecule has 1 aromatic heterocycles. The SMILES string of the molecule is CC(Sc1cccs1)C(=O)c1ccc(F)cc1. The summed E-state index contributed by atoms with van der Waals surface area (Å²) in [5.41, 5.74) is 0.558. The molecule has 0 N–H and O–H groups in total. The molecule has 0 saturated heterocycles. The van der Waals surface area contributed by atoms with E-state index in [2.05, 4.69) is 0 Å². The molecule has 0 saturated carbocycles. The van der Waals surface area contributed by atoms with Crippen molar-refractivity contribution in [1.82, 2.24) is 0 Å². The number of thioether (sulfide) groups is 1. The highest BCUT2D eigenvalue weighted by Gasteiger charge is 2.16. The molecule has 1 aromatic carbocycles. The van der Waals surface area contributed by atoms with Crippen LogP contribution in [0.1, 0.15) is 17.3 Å². The first kappa shape index (κ1) is 12.3. The summed E-state index contributed by atoms with van der Waals surface area (Å²) in [5, 5.41) is 1.83. The van der Waals surface area contributed by atoms with Gasteiger partial charge in [0.15, 0.2) is 5.78 Å². The largest absolute Gasteiger partial charge is 0.293 e. The van der Waals surface area contributed by atoms with Crippen LogP contribution >= 0.6 is 23.1 Å². The number of ketones is 1. The van der Waals surface area contributed by atoms with E-state index in [9.17, 15) is 9.18 Å². The average molecular weight is 266 g/mol. The van der Waals surface area contributed by atoms with Gasteiger partial charge in [-0.15, -0.1) is 23.1 Å². The molecule has 0 spiro atoms. The quantitative estimate of drug-likeness (QED) is 0.608. The first-order chi connectivity index (χ1) is 8.16. The van der Waals surface area contributed by atoms with Gasteiger partial charge in [-0.05, 0) is 42.6 Å². The lowest BCUT2D eigenvalue weighted by Gasteiger charge is -2.08. The summed E-state index contributed by atoms with van der Waals surface area (Å²) in [4.78, 5) is 12.0. The highest BCUT2D eigenvalue weighted by Crippen LogP contribution is 2.29. The van der Waals surface area contributed by atoms with Crippen LogP contribution in [0.3, 0.4) is 0 Å². The standard InChI is InChI=1S/C13H11FOS2/c1-9(17-12-3-2-8-16-12)13(15)10-4-6-11(14)7-5-10/h2-9H,1H3. The fourth-order valence-corrected chi connectivity index (χ4v) is 3.43. The highest BCUT2D eigenvalue weighted by atomic mass is 32.2. The molecule has 17 heavy (non-hydrogen) atoms. The Morgan fingerprint density at radius 1 is 1.29 bits per heavy atom. The smallest absolute Gasteiger partial charge is 0.175 e. The van der Waals surface area contributed by atoms with Crippen molar-refractivity contribution < 1.29 is 9.18 Å². The third-order valence-electron chi connectivity index (χ3n) is 2.29. The van der Waals surface area contributed by atoms with E-state index >= 15 is 0 Å². The zero-order chi connectivity index (χ0) is 12.3. The second kappa shape index (κ2) is 5.47. The molecular formula is C13H11FOS2. The van der Waals surface area contributed by atoms with Crippen LogP contribution in [0.2, 0.25) is 0 Å². The third kappa shape index (κ3) is 3.17. The molecule has 2 rings (SSSR count). The van der Waals surface area contributed by atoms with E-state index in [0.717, 1.165) is 4.21 Å². The van der Waals surface area contributed by atoms with Crippen molar-refractivity contribution in [3.63, 3.8) is 0 Å². The lowest BCUT2D eigenvalue weighted by Crippen LogP contribution is -2.13. The molecular weight excluding hydrogens is 255 g/mol. The third-order valence-corrected chi connectivity index (χ3v) is 4.46. The number of hydrogen-bond donors (Lipinski definition) is 0. The fourth-order valence-electron chi connectivity index (χ4n) is 1.41. The van der Waals surface area contributed by atoms with Gasteiger partial charge in [0.05, 0.1) is 9.46 Å². The first-order valence-corrected chi connectivity index (χ1v) is 6.92. The molecule has 0 radical (unpaired) electrons. The molecule has 1 heterocycles. The van der Waals surface area contributed by atoms with Crippen LogP contribution < -0.4 is 0 Å². The van der Waals surface area contributed by atoms with Gasteiger partial charge in [-0.1, -0.05) is 6.07 Å². The fraction of sp³-hybridized carbons (Fsp3) is 0.154. The minimum atomic E-state index is -0.319. The molecule has 88 valence electrons. The molecule has 1 atom stereocenters. The lowest BCUT2D eigenvalue weighted by atomic mass is 10.1. The van der Waals surface area contributed by atoms with E-state index in [1.54, 1.807) is 11.3 Å². The van der Waals surface area contributed by atoms with Crippen LogP contribution in [0.25, 0.3) is 0 Å². The van der Waals surface area contributed by atoms with Gasteiger partial charge in [-0.2, -0.15) is 0 Å². The number of carbonyl (C=O) groups excluding carboxylic acids is 1. The minimum absolute atomic E-state index is 0.0309. The molecule has 0 amide bonds. The lowest BCUT2D eigenvalue weighted by molar-refractivity contribution is 0.0994. The van der Waals surface area contributed by atoms with Gasteiger partial charge in [0.1, 0.15) is 5.82 Å². The van der Waals surface area contributed by atoms with Crippen molar-refractivity contribution >= 4 is 28.9 Å². The van der Waals surface area contributed by atoms with Crippen molar-refractivity contribution in [3.8, 4) is 0 Å². The maximum absolute atomic E-state index is 12.7. The monoisotopic (exact) mass is 266 g/mol. The van der Waals surface area contributed by atoms with Gasteiger partial charge in [-0.3, -0.25) is 4.79 Å². The second-order valence-corrected chi connectivity index (χ2v) is 6.15. The van der Waals surface area contributed by atoms with E-state index in [0.29, 0.717) is 5.56 Å². The first-order valence-electron chi connectivity index (χ1n) is 5.17. The maximum Gasteiger partial charge on any atom is 0.175 e. The van der Waals surface area contributed by atoms with Gasteiger partial charge in [0.25, 0.3) is 0 Å². The zero-order valence-corrected chi connectivity index (χ0v) is 10.9. The Morgan fingerprint density at radius 3 is 2.59 bits per heavy atom. The van der Waals surface area contributed by atoms with Gasteiger partial charge in [-0.25, -0.2) is 4.39 Å². The van der Waals surface area contributed by atoms with Crippen molar-refractivity contribution in [2.45, 2.75) is 16.4 Å². The summed E-state index contributed by atoms with van der Waals surface area (Å²) in [5.74, 6) is -0.288. The Labute approximate surface area is 108 Å². The van der Waals surface area contributed by atoms with E-state index in [1.807, 2.05) is 24.4 Å². The number of benzene rings is 1. The van der Waals surface area contributed by atoms with E-state index in [1.165, 1.54) is 36.0 Å². The molecule has 1 nitrogen and oxygen atoms in total.